The van der Waals surface area contributed by atoms with Crippen molar-refractivity contribution >= 4 is 0 Å². The zero-order chi connectivity index (χ0) is 15.6. The summed E-state index contributed by atoms with van der Waals surface area (Å²) in [5.41, 5.74) is 0.381. The molecule has 2 aliphatic rings. The van der Waals surface area contributed by atoms with Crippen LogP contribution in [0.1, 0.15) is 73.1 Å². The fourth-order valence-corrected chi connectivity index (χ4v) is 3.88. The topological polar surface area (TPSA) is 27.0 Å². The van der Waals surface area contributed by atoms with Crippen molar-refractivity contribution in [3.05, 3.63) is 0 Å². The van der Waals surface area contributed by atoms with Gasteiger partial charge in [0.25, 0.3) is 0 Å². The van der Waals surface area contributed by atoms with Crippen molar-refractivity contribution in [1.82, 2.24) is 4.90 Å². The maximum Gasteiger partial charge on any atom is 0.0672 e. The Morgan fingerprint density at radius 1 is 1.14 bits per heavy atom. The summed E-state index contributed by atoms with van der Waals surface area (Å²) in [5, 5.41) is 9.60. The lowest BCUT2D eigenvalue weighted by atomic mass is 9.67. The van der Waals surface area contributed by atoms with Gasteiger partial charge in [-0.1, -0.05) is 34.6 Å². The van der Waals surface area contributed by atoms with Crippen LogP contribution >= 0.6 is 0 Å². The third-order valence-corrected chi connectivity index (χ3v) is 5.61. The summed E-state index contributed by atoms with van der Waals surface area (Å²) in [6, 6.07) is 3.93. The summed E-state index contributed by atoms with van der Waals surface area (Å²) in [7, 11) is 0. The Morgan fingerprint density at radius 3 is 2.29 bits per heavy atom. The molecule has 3 atom stereocenters. The number of rotatable bonds is 5. The van der Waals surface area contributed by atoms with Gasteiger partial charge in [0, 0.05) is 12.1 Å². The van der Waals surface area contributed by atoms with E-state index in [9.17, 15) is 5.26 Å². The van der Waals surface area contributed by atoms with E-state index < -0.39 is 0 Å². The minimum atomic E-state index is 0.261. The molecule has 0 radical (unpaired) electrons. The highest BCUT2D eigenvalue weighted by atomic mass is 15.2. The van der Waals surface area contributed by atoms with E-state index in [2.05, 4.69) is 45.6 Å². The van der Waals surface area contributed by atoms with Crippen molar-refractivity contribution in [3.8, 4) is 6.07 Å². The zero-order valence-electron chi connectivity index (χ0n) is 14.7. The van der Waals surface area contributed by atoms with Gasteiger partial charge >= 0.3 is 0 Å². The molecule has 120 valence electrons. The van der Waals surface area contributed by atoms with Gasteiger partial charge in [-0.05, 0) is 62.3 Å². The fraction of sp³-hybridized carbons (Fsp3) is 0.947. The summed E-state index contributed by atoms with van der Waals surface area (Å²) >= 11 is 0. The predicted molar refractivity (Wildman–Crippen MR) is 88.9 cm³/mol. The molecule has 2 rings (SSSR count). The van der Waals surface area contributed by atoms with Gasteiger partial charge in [0.15, 0.2) is 0 Å². The van der Waals surface area contributed by atoms with Crippen LogP contribution in [0.2, 0.25) is 0 Å². The summed E-state index contributed by atoms with van der Waals surface area (Å²) in [4.78, 5) is 2.73. The van der Waals surface area contributed by atoms with Crippen LogP contribution in [0.25, 0.3) is 0 Å². The molecule has 0 aromatic carbocycles. The predicted octanol–water partition coefficient (Wildman–Crippen LogP) is 4.85. The molecule has 2 heteroatoms. The van der Waals surface area contributed by atoms with E-state index in [0.29, 0.717) is 11.5 Å². The molecule has 2 nitrogen and oxygen atoms in total. The number of hydrogen-bond donors (Lipinski definition) is 0. The van der Waals surface area contributed by atoms with Gasteiger partial charge in [-0.2, -0.15) is 5.26 Å². The van der Waals surface area contributed by atoms with E-state index in [1.54, 1.807) is 0 Å². The molecule has 0 bridgehead atoms. The van der Waals surface area contributed by atoms with Gasteiger partial charge in [0.2, 0.25) is 0 Å². The molecular formula is C19H34N2. The normalized spacial score (nSPS) is 30.7. The minimum Gasteiger partial charge on any atom is -0.296 e. The van der Waals surface area contributed by atoms with Gasteiger partial charge in [-0.3, -0.25) is 4.90 Å². The maximum absolute atomic E-state index is 9.60. The van der Waals surface area contributed by atoms with Crippen molar-refractivity contribution in [2.45, 2.75) is 85.2 Å². The Balaban J connectivity index is 2.08. The lowest BCUT2D eigenvalue weighted by molar-refractivity contribution is 0.0525. The largest absolute Gasteiger partial charge is 0.296 e. The standard InChI is InChI=1S/C19H34N2/c1-14(2)10-11-21(17-8-9-17)18-12-16(19(3,4)5)7-6-15(18)13-20/h14-18H,6-12H2,1-5H3. The summed E-state index contributed by atoms with van der Waals surface area (Å²) in [6.07, 6.45) is 7.55. The number of nitriles is 1. The molecule has 0 heterocycles. The molecule has 0 aromatic rings. The van der Waals surface area contributed by atoms with E-state index in [0.717, 1.165) is 24.3 Å². The fourth-order valence-electron chi connectivity index (χ4n) is 3.88. The second-order valence-electron chi connectivity index (χ2n) is 8.83. The van der Waals surface area contributed by atoms with Gasteiger partial charge in [0.05, 0.1) is 12.0 Å². The highest BCUT2D eigenvalue weighted by Gasteiger charge is 2.42. The van der Waals surface area contributed by atoms with E-state index >= 15 is 0 Å². The van der Waals surface area contributed by atoms with Crippen molar-refractivity contribution in [3.63, 3.8) is 0 Å². The summed E-state index contributed by atoms with van der Waals surface area (Å²) < 4.78 is 0. The summed E-state index contributed by atoms with van der Waals surface area (Å²) in [6.45, 7) is 12.9. The average molecular weight is 290 g/mol. The van der Waals surface area contributed by atoms with Crippen LogP contribution in [0.5, 0.6) is 0 Å². The Labute approximate surface area is 131 Å². The van der Waals surface area contributed by atoms with Gasteiger partial charge in [-0.15, -0.1) is 0 Å². The van der Waals surface area contributed by atoms with Gasteiger partial charge in [0.1, 0.15) is 0 Å². The van der Waals surface area contributed by atoms with Gasteiger partial charge in [-0.25, -0.2) is 0 Å². The molecule has 2 fully saturated rings. The molecule has 2 aliphatic carbocycles. The van der Waals surface area contributed by atoms with Crippen molar-refractivity contribution < 1.29 is 0 Å². The number of hydrogen-bond acceptors (Lipinski definition) is 2. The highest BCUT2D eigenvalue weighted by molar-refractivity contribution is 5.02. The van der Waals surface area contributed by atoms with E-state index in [1.165, 1.54) is 38.6 Å². The van der Waals surface area contributed by atoms with Gasteiger partial charge < -0.3 is 0 Å². The molecule has 2 saturated carbocycles. The van der Waals surface area contributed by atoms with Crippen molar-refractivity contribution in [1.29, 1.82) is 5.26 Å². The second kappa shape index (κ2) is 6.69. The number of nitrogens with zero attached hydrogens (tertiary/aromatic N) is 2. The lowest BCUT2D eigenvalue weighted by Gasteiger charge is -2.44. The van der Waals surface area contributed by atoms with Crippen LogP contribution in [0, 0.1) is 34.5 Å². The third-order valence-electron chi connectivity index (χ3n) is 5.61. The molecule has 21 heavy (non-hydrogen) atoms. The molecule has 0 N–H and O–H groups in total. The third kappa shape index (κ3) is 4.46. The molecule has 3 unspecified atom stereocenters. The van der Waals surface area contributed by atoms with Crippen molar-refractivity contribution in [2.24, 2.45) is 23.2 Å². The van der Waals surface area contributed by atoms with Crippen molar-refractivity contribution in [2.75, 3.05) is 6.54 Å². The molecule has 0 aliphatic heterocycles. The zero-order valence-corrected chi connectivity index (χ0v) is 14.7. The smallest absolute Gasteiger partial charge is 0.0672 e. The average Bonchev–Trinajstić information content (AvgIpc) is 3.22. The van der Waals surface area contributed by atoms with E-state index in [1.807, 2.05) is 0 Å². The molecule has 0 saturated heterocycles. The molecule has 0 spiro atoms. The maximum atomic E-state index is 9.60. The van der Waals surface area contributed by atoms with Crippen LogP contribution < -0.4 is 0 Å². The molecular weight excluding hydrogens is 256 g/mol. The first-order valence-corrected chi connectivity index (χ1v) is 8.98. The van der Waals surface area contributed by atoms with E-state index in [-0.39, 0.29) is 5.92 Å². The lowest BCUT2D eigenvalue weighted by Crippen LogP contribution is -2.47. The van der Waals surface area contributed by atoms with Crippen LogP contribution in [-0.2, 0) is 0 Å². The minimum absolute atomic E-state index is 0.261. The summed E-state index contributed by atoms with van der Waals surface area (Å²) in [5.74, 6) is 1.79. The Bertz CT molecular complexity index is 370. The first kappa shape index (κ1) is 16.8. The Hall–Kier alpha value is -0.550. The SMILES string of the molecule is CC(C)CCN(C1CC1)C1CC(C(C)(C)C)CCC1C#N. The first-order chi connectivity index (χ1) is 9.82. The Morgan fingerprint density at radius 2 is 1.81 bits per heavy atom. The van der Waals surface area contributed by atoms with Crippen LogP contribution in [0.4, 0.5) is 0 Å². The van der Waals surface area contributed by atoms with Crippen LogP contribution in [0.3, 0.4) is 0 Å². The van der Waals surface area contributed by atoms with Crippen LogP contribution in [0.15, 0.2) is 0 Å². The van der Waals surface area contributed by atoms with Crippen LogP contribution in [-0.4, -0.2) is 23.5 Å². The molecule has 0 amide bonds. The molecule has 0 aromatic heterocycles. The highest BCUT2D eigenvalue weighted by Crippen LogP contribution is 2.44. The first-order valence-electron chi connectivity index (χ1n) is 8.98. The monoisotopic (exact) mass is 290 g/mol. The quantitative estimate of drug-likeness (QED) is 0.723. The Kier molecular flexibility index (Phi) is 5.36. The van der Waals surface area contributed by atoms with E-state index in [4.69, 9.17) is 0 Å². The second-order valence-corrected chi connectivity index (χ2v) is 8.83.